The van der Waals surface area contributed by atoms with E-state index < -0.39 is 0 Å². The highest BCUT2D eigenvalue weighted by Gasteiger charge is 2.21. The van der Waals surface area contributed by atoms with Gasteiger partial charge in [-0.15, -0.1) is 11.3 Å². The molecular formula is C52H35NS2. The number of nitrogens with zero attached hydrogens (tertiary/aromatic N) is 1. The largest absolute Gasteiger partial charge is 0.310 e. The van der Waals surface area contributed by atoms with Crippen LogP contribution in [-0.4, -0.2) is 0 Å². The Bertz CT molecular complexity index is 2930. The van der Waals surface area contributed by atoms with Crippen molar-refractivity contribution in [2.45, 2.75) is 9.79 Å². The smallest absolute Gasteiger partial charge is 0.0554 e. The van der Waals surface area contributed by atoms with Crippen molar-refractivity contribution in [2.24, 2.45) is 0 Å². The summed E-state index contributed by atoms with van der Waals surface area (Å²) in [4.78, 5) is 4.88. The van der Waals surface area contributed by atoms with Crippen molar-refractivity contribution in [1.29, 1.82) is 0 Å². The van der Waals surface area contributed by atoms with Gasteiger partial charge in [0.2, 0.25) is 0 Å². The maximum Gasteiger partial charge on any atom is 0.0554 e. The van der Waals surface area contributed by atoms with Crippen molar-refractivity contribution in [3.8, 4) is 33.4 Å². The van der Waals surface area contributed by atoms with E-state index in [1.807, 2.05) is 23.1 Å². The zero-order valence-corrected chi connectivity index (χ0v) is 31.6. The van der Waals surface area contributed by atoms with Crippen LogP contribution in [0.25, 0.3) is 64.3 Å². The third-order valence-electron chi connectivity index (χ3n) is 10.3. The number of benzene rings is 9. The lowest BCUT2D eigenvalue weighted by Crippen LogP contribution is -2.10. The lowest BCUT2D eigenvalue weighted by Gasteiger charge is -2.28. The molecule has 0 atom stereocenters. The summed E-state index contributed by atoms with van der Waals surface area (Å²) >= 11 is 3.69. The molecule has 0 saturated carbocycles. The second kappa shape index (κ2) is 14.4. The number of hydrogen-bond acceptors (Lipinski definition) is 3. The Balaban J connectivity index is 1.19. The van der Waals surface area contributed by atoms with Gasteiger partial charge in [0.25, 0.3) is 0 Å². The van der Waals surface area contributed by atoms with E-state index >= 15 is 0 Å². The molecule has 10 rings (SSSR count). The fourth-order valence-electron chi connectivity index (χ4n) is 7.76. The molecule has 1 nitrogen and oxygen atoms in total. The van der Waals surface area contributed by atoms with E-state index in [-0.39, 0.29) is 0 Å². The molecule has 0 unspecified atom stereocenters. The Morgan fingerprint density at radius 3 is 1.76 bits per heavy atom. The molecule has 260 valence electrons. The van der Waals surface area contributed by atoms with Gasteiger partial charge < -0.3 is 4.90 Å². The molecule has 1 heterocycles. The van der Waals surface area contributed by atoms with Crippen LogP contribution in [0.15, 0.2) is 222 Å². The molecule has 0 radical (unpaired) electrons. The maximum atomic E-state index is 2.46. The van der Waals surface area contributed by atoms with Crippen molar-refractivity contribution in [3.05, 3.63) is 212 Å². The van der Waals surface area contributed by atoms with Crippen molar-refractivity contribution in [3.63, 3.8) is 0 Å². The van der Waals surface area contributed by atoms with E-state index in [0.29, 0.717) is 0 Å². The average molecular weight is 738 g/mol. The SMILES string of the molecule is c1ccc(Sc2cc(N(c3ccc(-c4cccc5ccccc45)cc3)c3cccc4sc5c(-c6ccccc6)cccc5c34)ccc2-c2ccccc2)cc1. The van der Waals surface area contributed by atoms with E-state index in [0.717, 1.165) is 17.1 Å². The Hall–Kier alpha value is -6.39. The predicted molar refractivity (Wildman–Crippen MR) is 238 cm³/mol. The van der Waals surface area contributed by atoms with Crippen LogP contribution in [0.4, 0.5) is 17.1 Å². The minimum Gasteiger partial charge on any atom is -0.310 e. The van der Waals surface area contributed by atoms with Gasteiger partial charge in [-0.25, -0.2) is 0 Å². The van der Waals surface area contributed by atoms with Crippen molar-refractivity contribution in [1.82, 2.24) is 0 Å². The monoisotopic (exact) mass is 737 g/mol. The van der Waals surface area contributed by atoms with E-state index in [1.165, 1.54) is 74.1 Å². The quantitative estimate of drug-likeness (QED) is 0.153. The molecule has 0 aliphatic carbocycles. The Morgan fingerprint density at radius 2 is 0.982 bits per heavy atom. The summed E-state index contributed by atoms with van der Waals surface area (Å²) in [6.45, 7) is 0. The summed E-state index contributed by atoms with van der Waals surface area (Å²) in [5, 5.41) is 5.05. The lowest BCUT2D eigenvalue weighted by atomic mass is 9.98. The number of anilines is 3. The average Bonchev–Trinajstić information content (AvgIpc) is 3.65. The van der Waals surface area contributed by atoms with Crippen LogP contribution >= 0.6 is 23.1 Å². The second-order valence-electron chi connectivity index (χ2n) is 13.7. The molecule has 0 N–H and O–H groups in total. The third kappa shape index (κ3) is 6.28. The molecule has 0 bridgehead atoms. The van der Waals surface area contributed by atoms with E-state index in [1.54, 1.807) is 0 Å². The van der Waals surface area contributed by atoms with E-state index in [9.17, 15) is 0 Å². The summed E-state index contributed by atoms with van der Waals surface area (Å²) in [6.07, 6.45) is 0. The van der Waals surface area contributed by atoms with Gasteiger partial charge in [-0.2, -0.15) is 0 Å². The van der Waals surface area contributed by atoms with Gasteiger partial charge in [-0.1, -0.05) is 176 Å². The zero-order chi connectivity index (χ0) is 36.6. The molecule has 0 amide bonds. The molecule has 0 saturated heterocycles. The minimum absolute atomic E-state index is 1.11. The molecular weight excluding hydrogens is 703 g/mol. The molecule has 3 heteroatoms. The third-order valence-corrected chi connectivity index (χ3v) is 12.6. The predicted octanol–water partition coefficient (Wildman–Crippen LogP) is 15.8. The van der Waals surface area contributed by atoms with Crippen LogP contribution in [0.5, 0.6) is 0 Å². The normalized spacial score (nSPS) is 11.3. The molecule has 0 aliphatic rings. The van der Waals surface area contributed by atoms with Crippen LogP contribution in [0.2, 0.25) is 0 Å². The van der Waals surface area contributed by atoms with Gasteiger partial charge in [0.15, 0.2) is 0 Å². The summed E-state index contributed by atoms with van der Waals surface area (Å²) < 4.78 is 2.58. The Labute approximate surface area is 329 Å². The first-order valence-electron chi connectivity index (χ1n) is 18.6. The van der Waals surface area contributed by atoms with Gasteiger partial charge in [0.1, 0.15) is 0 Å². The molecule has 55 heavy (non-hydrogen) atoms. The zero-order valence-electron chi connectivity index (χ0n) is 30.0. The van der Waals surface area contributed by atoms with E-state index in [2.05, 4.69) is 217 Å². The maximum absolute atomic E-state index is 2.46. The number of fused-ring (bicyclic) bond motifs is 4. The summed E-state index contributed by atoms with van der Waals surface area (Å²) in [6, 6.07) is 77.0. The van der Waals surface area contributed by atoms with E-state index in [4.69, 9.17) is 0 Å². The van der Waals surface area contributed by atoms with Crippen molar-refractivity contribution in [2.75, 3.05) is 4.90 Å². The summed E-state index contributed by atoms with van der Waals surface area (Å²) in [5.74, 6) is 0. The molecule has 0 spiro atoms. The van der Waals surface area contributed by atoms with Gasteiger partial charge >= 0.3 is 0 Å². The Morgan fingerprint density at radius 1 is 0.400 bits per heavy atom. The second-order valence-corrected chi connectivity index (χ2v) is 15.8. The van der Waals surface area contributed by atoms with Crippen LogP contribution in [-0.2, 0) is 0 Å². The number of rotatable bonds is 8. The highest BCUT2D eigenvalue weighted by atomic mass is 32.2. The molecule has 10 aromatic rings. The van der Waals surface area contributed by atoms with Crippen LogP contribution in [0.1, 0.15) is 0 Å². The Kier molecular flexibility index (Phi) is 8.72. The molecule has 0 aliphatic heterocycles. The van der Waals surface area contributed by atoms with Gasteiger partial charge in [-0.3, -0.25) is 0 Å². The van der Waals surface area contributed by atoms with Crippen LogP contribution < -0.4 is 4.90 Å². The van der Waals surface area contributed by atoms with Gasteiger partial charge in [0, 0.05) is 41.3 Å². The first kappa shape index (κ1) is 33.2. The lowest BCUT2D eigenvalue weighted by molar-refractivity contribution is 1.27. The molecule has 0 fully saturated rings. The van der Waals surface area contributed by atoms with Crippen LogP contribution in [0.3, 0.4) is 0 Å². The highest BCUT2D eigenvalue weighted by molar-refractivity contribution is 7.99. The first-order valence-corrected chi connectivity index (χ1v) is 20.2. The molecule has 1 aromatic heterocycles. The topological polar surface area (TPSA) is 3.24 Å². The summed E-state index contributed by atoms with van der Waals surface area (Å²) in [7, 11) is 0. The minimum atomic E-state index is 1.11. The van der Waals surface area contributed by atoms with Gasteiger partial charge in [0.05, 0.1) is 5.69 Å². The first-order chi connectivity index (χ1) is 27.3. The van der Waals surface area contributed by atoms with Crippen molar-refractivity contribution >= 4 is 71.1 Å². The standard InChI is InChI=1S/C52H35NS2/c1-4-15-37(16-5-1)45-34-33-41(35-50(45)54-42-21-8-3-9-22-42)53(40-31-29-39(30-32-40)44-24-12-20-36-19-10-11-23-43(36)44)48-27-14-28-49-51(48)47-26-13-25-46(52(47)55-49)38-17-6-2-7-18-38/h1-35H. The number of hydrogen-bond donors (Lipinski definition) is 0. The fraction of sp³-hybridized carbons (Fsp3) is 0. The van der Waals surface area contributed by atoms with Crippen LogP contribution in [0, 0.1) is 0 Å². The summed E-state index contributed by atoms with van der Waals surface area (Å²) in [5.41, 5.74) is 10.8. The molecule has 9 aromatic carbocycles. The highest BCUT2D eigenvalue weighted by Crippen LogP contribution is 2.49. The number of thiophene rings is 1. The fourth-order valence-corrected chi connectivity index (χ4v) is 10.0. The van der Waals surface area contributed by atoms with Crippen molar-refractivity contribution < 1.29 is 0 Å². The van der Waals surface area contributed by atoms with Gasteiger partial charge in [-0.05, 0) is 92.7 Å².